The van der Waals surface area contributed by atoms with Gasteiger partial charge in [0.25, 0.3) is 5.56 Å². The zero-order chi connectivity index (χ0) is 20.7. The van der Waals surface area contributed by atoms with E-state index in [9.17, 15) is 9.59 Å². The number of carbonyl (C=O) groups is 1. The highest BCUT2D eigenvalue weighted by Gasteiger charge is 2.28. The number of Topliss-reactive ketones (excluding diaryl/α,β-unsaturated/α-hetero) is 1. The molecule has 0 amide bonds. The number of benzene rings is 1. The lowest BCUT2D eigenvalue weighted by Crippen LogP contribution is -2.26. The van der Waals surface area contributed by atoms with Crippen molar-refractivity contribution in [3.8, 4) is 11.4 Å². The van der Waals surface area contributed by atoms with E-state index in [1.165, 1.54) is 28.6 Å². The SMILES string of the molecule is COc1ccc(-n2c(S[C@H]3CCCCC3=O)nc3sc4c(c3c2=O)CCCC4)cc1. The molecule has 156 valence electrons. The summed E-state index contributed by atoms with van der Waals surface area (Å²) in [6.45, 7) is 0. The number of ether oxygens (including phenoxy) is 1. The van der Waals surface area contributed by atoms with Crippen LogP contribution >= 0.6 is 23.1 Å². The molecule has 1 aromatic carbocycles. The fourth-order valence-electron chi connectivity index (χ4n) is 4.43. The van der Waals surface area contributed by atoms with Crippen LogP contribution in [0.25, 0.3) is 15.9 Å². The van der Waals surface area contributed by atoms with Gasteiger partial charge in [0.1, 0.15) is 16.4 Å². The van der Waals surface area contributed by atoms with Gasteiger partial charge in [-0.1, -0.05) is 18.2 Å². The maximum Gasteiger partial charge on any atom is 0.267 e. The van der Waals surface area contributed by atoms with E-state index in [-0.39, 0.29) is 16.6 Å². The smallest absolute Gasteiger partial charge is 0.267 e. The Morgan fingerprint density at radius 3 is 2.60 bits per heavy atom. The molecule has 1 saturated carbocycles. The van der Waals surface area contributed by atoms with Crippen molar-refractivity contribution in [2.75, 3.05) is 7.11 Å². The van der Waals surface area contributed by atoms with Crippen LogP contribution in [0.2, 0.25) is 0 Å². The monoisotopic (exact) mass is 440 g/mol. The molecule has 1 atom stereocenters. The third-order valence-corrected chi connectivity index (χ3v) is 8.49. The van der Waals surface area contributed by atoms with E-state index >= 15 is 0 Å². The van der Waals surface area contributed by atoms with Gasteiger partial charge in [0.05, 0.1) is 23.4 Å². The first-order valence-corrected chi connectivity index (χ1v) is 12.3. The first-order valence-electron chi connectivity index (χ1n) is 10.6. The molecular formula is C23H24N2O3S2. The second kappa shape index (κ2) is 8.19. The van der Waals surface area contributed by atoms with Crippen LogP contribution in [-0.4, -0.2) is 27.7 Å². The Morgan fingerprint density at radius 2 is 1.83 bits per heavy atom. The second-order valence-electron chi connectivity index (χ2n) is 7.94. The minimum Gasteiger partial charge on any atom is -0.497 e. The molecule has 30 heavy (non-hydrogen) atoms. The molecule has 0 N–H and O–H groups in total. The van der Waals surface area contributed by atoms with Crippen molar-refractivity contribution in [3.63, 3.8) is 0 Å². The minimum absolute atomic E-state index is 0.0182. The summed E-state index contributed by atoms with van der Waals surface area (Å²) in [5.74, 6) is 1.01. The molecule has 0 unspecified atom stereocenters. The number of aromatic nitrogens is 2. The molecule has 2 aromatic heterocycles. The zero-order valence-electron chi connectivity index (χ0n) is 17.0. The van der Waals surface area contributed by atoms with E-state index in [4.69, 9.17) is 9.72 Å². The lowest BCUT2D eigenvalue weighted by atomic mass is 9.97. The fraction of sp³-hybridized carbons (Fsp3) is 0.435. The van der Waals surface area contributed by atoms with Crippen LogP contribution in [-0.2, 0) is 17.6 Å². The Kier molecular flexibility index (Phi) is 5.41. The molecule has 2 heterocycles. The summed E-state index contributed by atoms with van der Waals surface area (Å²) in [7, 11) is 1.63. The van der Waals surface area contributed by atoms with Gasteiger partial charge in [-0.2, -0.15) is 0 Å². The maximum atomic E-state index is 13.8. The number of fused-ring (bicyclic) bond motifs is 3. The molecule has 0 saturated heterocycles. The first kappa shape index (κ1) is 19.8. The van der Waals surface area contributed by atoms with Gasteiger partial charge in [-0.05, 0) is 68.4 Å². The molecule has 3 aromatic rings. The molecule has 0 bridgehead atoms. The molecule has 1 fully saturated rings. The van der Waals surface area contributed by atoms with Gasteiger partial charge in [-0.3, -0.25) is 14.2 Å². The fourth-order valence-corrected chi connectivity index (χ4v) is 6.96. The number of hydrogen-bond acceptors (Lipinski definition) is 6. The molecule has 7 heteroatoms. The van der Waals surface area contributed by atoms with Crippen molar-refractivity contribution in [3.05, 3.63) is 45.1 Å². The van der Waals surface area contributed by atoms with E-state index in [0.717, 1.165) is 60.2 Å². The Bertz CT molecular complexity index is 1160. The van der Waals surface area contributed by atoms with E-state index in [1.54, 1.807) is 23.0 Å². The third kappa shape index (κ3) is 3.48. The molecule has 2 aliphatic carbocycles. The predicted octanol–water partition coefficient (Wildman–Crippen LogP) is 4.94. The Morgan fingerprint density at radius 1 is 1.07 bits per heavy atom. The lowest BCUT2D eigenvalue weighted by molar-refractivity contribution is -0.119. The van der Waals surface area contributed by atoms with Crippen molar-refractivity contribution in [1.29, 1.82) is 0 Å². The largest absolute Gasteiger partial charge is 0.497 e. The topological polar surface area (TPSA) is 61.2 Å². The molecule has 0 aliphatic heterocycles. The van der Waals surface area contributed by atoms with Gasteiger partial charge in [-0.25, -0.2) is 4.98 Å². The molecule has 0 spiro atoms. The van der Waals surface area contributed by atoms with Gasteiger partial charge in [0, 0.05) is 11.3 Å². The van der Waals surface area contributed by atoms with Crippen molar-refractivity contribution in [2.24, 2.45) is 0 Å². The van der Waals surface area contributed by atoms with Crippen LogP contribution in [0.4, 0.5) is 0 Å². The quantitative estimate of drug-likeness (QED) is 0.538. The number of thioether (sulfide) groups is 1. The highest BCUT2D eigenvalue weighted by Crippen LogP contribution is 2.37. The van der Waals surface area contributed by atoms with E-state index in [2.05, 4.69) is 0 Å². The summed E-state index contributed by atoms with van der Waals surface area (Å²) in [6.07, 6.45) is 7.75. The standard InChI is InChI=1S/C23H24N2O3S2/c1-28-15-12-10-14(11-13-15)25-22(27)20-16-6-2-4-8-18(16)29-21(20)24-23(25)30-19-9-5-3-7-17(19)26/h10-13,19H,2-9H2,1H3/t19-/m0/s1. The minimum atomic E-state index is -0.123. The first-order chi connectivity index (χ1) is 14.7. The number of aryl methyl sites for hydroxylation is 2. The Labute approximate surface area is 183 Å². The van der Waals surface area contributed by atoms with Crippen LogP contribution in [0.3, 0.4) is 0 Å². The molecule has 5 nitrogen and oxygen atoms in total. The highest BCUT2D eigenvalue weighted by molar-refractivity contribution is 8.00. The van der Waals surface area contributed by atoms with Crippen molar-refractivity contribution < 1.29 is 9.53 Å². The summed E-state index contributed by atoms with van der Waals surface area (Å²) in [5, 5.41) is 1.27. The Balaban J connectivity index is 1.69. The van der Waals surface area contributed by atoms with Gasteiger partial charge in [-0.15, -0.1) is 11.3 Å². The van der Waals surface area contributed by atoms with Crippen molar-refractivity contribution in [1.82, 2.24) is 9.55 Å². The average molecular weight is 441 g/mol. The third-order valence-electron chi connectivity index (χ3n) is 6.04. The number of hydrogen-bond donors (Lipinski definition) is 0. The zero-order valence-corrected chi connectivity index (χ0v) is 18.6. The van der Waals surface area contributed by atoms with Crippen LogP contribution in [0.1, 0.15) is 49.0 Å². The molecule has 0 radical (unpaired) electrons. The highest BCUT2D eigenvalue weighted by atomic mass is 32.2. The van der Waals surface area contributed by atoms with Crippen LogP contribution in [0.5, 0.6) is 5.75 Å². The Hall–Kier alpha value is -2.12. The van der Waals surface area contributed by atoms with E-state index in [1.807, 2.05) is 24.3 Å². The summed E-state index contributed by atoms with van der Waals surface area (Å²) in [6, 6.07) is 7.49. The van der Waals surface area contributed by atoms with Gasteiger partial charge >= 0.3 is 0 Å². The van der Waals surface area contributed by atoms with Gasteiger partial charge in [0.2, 0.25) is 0 Å². The van der Waals surface area contributed by atoms with Crippen molar-refractivity contribution >= 4 is 39.1 Å². The summed E-state index contributed by atoms with van der Waals surface area (Å²) in [5.41, 5.74) is 1.93. The predicted molar refractivity (Wildman–Crippen MR) is 122 cm³/mol. The van der Waals surface area contributed by atoms with Crippen LogP contribution in [0, 0.1) is 0 Å². The van der Waals surface area contributed by atoms with Gasteiger partial charge in [0.15, 0.2) is 5.16 Å². The second-order valence-corrected chi connectivity index (χ2v) is 10.2. The number of thiophene rings is 1. The average Bonchev–Trinajstić information content (AvgIpc) is 3.14. The van der Waals surface area contributed by atoms with Gasteiger partial charge < -0.3 is 4.74 Å². The van der Waals surface area contributed by atoms with E-state index in [0.29, 0.717) is 11.6 Å². The van der Waals surface area contributed by atoms with Crippen LogP contribution < -0.4 is 10.3 Å². The number of ketones is 1. The normalized spacial score (nSPS) is 19.1. The van der Waals surface area contributed by atoms with Crippen LogP contribution in [0.15, 0.2) is 34.2 Å². The molecular weight excluding hydrogens is 416 g/mol. The van der Waals surface area contributed by atoms with Crippen molar-refractivity contribution in [2.45, 2.75) is 61.8 Å². The maximum absolute atomic E-state index is 13.8. The number of rotatable bonds is 4. The lowest BCUT2D eigenvalue weighted by Gasteiger charge is -2.21. The number of carbonyl (C=O) groups excluding carboxylic acids is 1. The number of nitrogens with zero attached hydrogens (tertiary/aromatic N) is 2. The summed E-state index contributed by atoms with van der Waals surface area (Å²) in [4.78, 5) is 33.3. The summed E-state index contributed by atoms with van der Waals surface area (Å²) >= 11 is 3.11. The van der Waals surface area contributed by atoms with E-state index < -0.39 is 0 Å². The molecule has 2 aliphatic rings. The number of methoxy groups -OCH3 is 1. The molecule has 5 rings (SSSR count). The summed E-state index contributed by atoms with van der Waals surface area (Å²) < 4.78 is 6.99.